The molecule has 1 nitrogen and oxygen atoms in total. The van der Waals surface area contributed by atoms with Crippen molar-refractivity contribution in [2.24, 2.45) is 0 Å². The standard InChI is InChI=1S/C64H43N/c1-63(2)53-27-11-8-22-45(53)48-34-33-42(39-58(48)63)65(59-32-14-20-41-19-6-7-21-44(41)59)60-38-37-51-47-24-10-13-29-55(47)64(57-31-16-26-52(60)62(51)57)54-28-12-9-23-46(54)50-36-35-43(40-17-4-3-5-18-40)49-25-15-30-56(64)61(49)50/h3-39H,1-2H3. The van der Waals surface area contributed by atoms with Crippen LogP contribution in [0.1, 0.15) is 47.2 Å². The lowest BCUT2D eigenvalue weighted by Gasteiger charge is -2.46. The number of anilines is 3. The topological polar surface area (TPSA) is 3.24 Å². The summed E-state index contributed by atoms with van der Waals surface area (Å²) in [5, 5.41) is 7.60. The monoisotopic (exact) mass is 825 g/mol. The molecule has 0 aromatic heterocycles. The van der Waals surface area contributed by atoms with Crippen LogP contribution in [0.5, 0.6) is 0 Å². The number of nitrogens with zero attached hydrogens (tertiary/aromatic N) is 1. The molecule has 1 atom stereocenters. The van der Waals surface area contributed by atoms with Crippen LogP contribution in [-0.4, -0.2) is 0 Å². The summed E-state index contributed by atoms with van der Waals surface area (Å²) >= 11 is 0. The van der Waals surface area contributed by atoms with Gasteiger partial charge in [-0.1, -0.05) is 214 Å². The van der Waals surface area contributed by atoms with Crippen LogP contribution in [0.3, 0.4) is 0 Å². The predicted molar refractivity (Wildman–Crippen MR) is 273 cm³/mol. The lowest BCUT2D eigenvalue weighted by molar-refractivity contribution is 0.660. The van der Waals surface area contributed by atoms with Gasteiger partial charge < -0.3 is 4.90 Å². The van der Waals surface area contributed by atoms with E-state index >= 15 is 0 Å². The molecule has 1 unspecified atom stereocenters. The maximum absolute atomic E-state index is 2.55. The third-order valence-corrected chi connectivity index (χ3v) is 15.3. The molecule has 11 aromatic carbocycles. The fraction of sp³-hybridized carbons (Fsp3) is 0.0625. The first-order valence-electron chi connectivity index (χ1n) is 22.9. The number of hydrogen-bond donors (Lipinski definition) is 0. The summed E-state index contributed by atoms with van der Waals surface area (Å²) in [4.78, 5) is 2.55. The zero-order valence-corrected chi connectivity index (χ0v) is 36.3. The molecule has 14 rings (SSSR count). The van der Waals surface area contributed by atoms with E-state index in [4.69, 9.17) is 0 Å². The molecule has 65 heavy (non-hydrogen) atoms. The van der Waals surface area contributed by atoms with Gasteiger partial charge in [0.2, 0.25) is 0 Å². The minimum Gasteiger partial charge on any atom is -0.309 e. The number of rotatable bonds is 4. The van der Waals surface area contributed by atoms with Crippen molar-refractivity contribution in [1.82, 2.24) is 0 Å². The molecule has 0 N–H and O–H groups in total. The first-order chi connectivity index (χ1) is 32.0. The fourth-order valence-corrected chi connectivity index (χ4v) is 12.5. The predicted octanol–water partition coefficient (Wildman–Crippen LogP) is 16.9. The minimum absolute atomic E-state index is 0.144. The second kappa shape index (κ2) is 13.3. The molecule has 1 spiro atoms. The second-order valence-corrected chi connectivity index (χ2v) is 18.7. The Morgan fingerprint density at radius 1 is 0.308 bits per heavy atom. The third kappa shape index (κ3) is 4.77. The van der Waals surface area contributed by atoms with Crippen LogP contribution in [-0.2, 0) is 10.8 Å². The van der Waals surface area contributed by atoms with Gasteiger partial charge in [-0.15, -0.1) is 0 Å². The molecule has 304 valence electrons. The summed E-state index contributed by atoms with van der Waals surface area (Å²) in [6, 6.07) is 84.8. The van der Waals surface area contributed by atoms with E-state index in [9.17, 15) is 0 Å². The average molecular weight is 826 g/mol. The zero-order chi connectivity index (χ0) is 43.0. The second-order valence-electron chi connectivity index (χ2n) is 18.7. The molecule has 0 saturated heterocycles. The van der Waals surface area contributed by atoms with Crippen molar-refractivity contribution >= 4 is 49.4 Å². The van der Waals surface area contributed by atoms with Gasteiger partial charge in [0.15, 0.2) is 0 Å². The Hall–Kier alpha value is -8.00. The van der Waals surface area contributed by atoms with Crippen molar-refractivity contribution in [3.05, 3.63) is 258 Å². The SMILES string of the molecule is CC1(C)c2ccccc2-c2ccc(N(c3cccc4ccccc34)c3ccc4c5c(cccc35)C3(c5ccccc5-c5ccc(-c6ccccc6)c6cccc3c56)c3ccccc3-4)cc21. The van der Waals surface area contributed by atoms with E-state index in [1.54, 1.807) is 0 Å². The van der Waals surface area contributed by atoms with Gasteiger partial charge in [-0.2, -0.15) is 0 Å². The summed E-state index contributed by atoms with van der Waals surface area (Å²) in [5.41, 5.74) is 21.1. The van der Waals surface area contributed by atoms with Crippen LogP contribution in [0.15, 0.2) is 224 Å². The molecule has 0 aliphatic heterocycles. The molecule has 3 aliphatic rings. The van der Waals surface area contributed by atoms with E-state index in [1.807, 2.05) is 0 Å². The van der Waals surface area contributed by atoms with Gasteiger partial charge in [0, 0.05) is 21.9 Å². The van der Waals surface area contributed by atoms with Gasteiger partial charge in [0.05, 0.1) is 16.8 Å². The lowest BCUT2D eigenvalue weighted by atomic mass is 9.55. The number of fused-ring (bicyclic) bond motifs is 12. The quantitative estimate of drug-likeness (QED) is 0.171. The molecule has 0 heterocycles. The van der Waals surface area contributed by atoms with E-state index < -0.39 is 5.41 Å². The highest BCUT2D eigenvalue weighted by atomic mass is 15.1. The van der Waals surface area contributed by atoms with Crippen LogP contribution in [0, 0.1) is 0 Å². The summed E-state index contributed by atoms with van der Waals surface area (Å²) in [6.07, 6.45) is 0. The highest BCUT2D eigenvalue weighted by Crippen LogP contribution is 2.62. The highest BCUT2D eigenvalue weighted by Gasteiger charge is 2.49. The molecule has 3 aliphatic carbocycles. The van der Waals surface area contributed by atoms with Crippen LogP contribution in [0.4, 0.5) is 17.1 Å². The Labute approximate surface area is 379 Å². The van der Waals surface area contributed by atoms with Gasteiger partial charge in [-0.3, -0.25) is 0 Å². The third-order valence-electron chi connectivity index (χ3n) is 15.3. The number of benzene rings is 11. The molecule has 0 amide bonds. The highest BCUT2D eigenvalue weighted by molar-refractivity contribution is 6.16. The smallest absolute Gasteiger partial charge is 0.0725 e. The molecule has 0 bridgehead atoms. The van der Waals surface area contributed by atoms with Crippen molar-refractivity contribution in [3.63, 3.8) is 0 Å². The average Bonchev–Trinajstić information content (AvgIpc) is 3.59. The Morgan fingerprint density at radius 3 is 1.52 bits per heavy atom. The Balaban J connectivity index is 1.10. The summed E-state index contributed by atoms with van der Waals surface area (Å²) in [7, 11) is 0. The van der Waals surface area contributed by atoms with Crippen molar-refractivity contribution in [2.75, 3.05) is 4.90 Å². The molecule has 1 heteroatoms. The maximum atomic E-state index is 2.55. The van der Waals surface area contributed by atoms with E-state index in [-0.39, 0.29) is 5.41 Å². The van der Waals surface area contributed by atoms with Gasteiger partial charge >= 0.3 is 0 Å². The molecule has 11 aromatic rings. The Morgan fingerprint density at radius 2 is 0.785 bits per heavy atom. The van der Waals surface area contributed by atoms with Crippen molar-refractivity contribution in [2.45, 2.75) is 24.7 Å². The normalized spacial score (nSPS) is 15.7. The van der Waals surface area contributed by atoms with Gasteiger partial charge in [-0.05, 0) is 124 Å². The summed E-state index contributed by atoms with van der Waals surface area (Å²) in [5.74, 6) is 0. The Kier molecular flexibility index (Phi) is 7.45. The minimum atomic E-state index is -0.589. The molecule has 0 fully saturated rings. The fourth-order valence-electron chi connectivity index (χ4n) is 12.5. The molecule has 0 saturated carbocycles. The van der Waals surface area contributed by atoms with Crippen LogP contribution >= 0.6 is 0 Å². The van der Waals surface area contributed by atoms with Crippen LogP contribution in [0.2, 0.25) is 0 Å². The Bertz CT molecular complexity index is 3810. The van der Waals surface area contributed by atoms with E-state index in [0.717, 1.165) is 11.4 Å². The van der Waals surface area contributed by atoms with Gasteiger partial charge in [-0.25, -0.2) is 0 Å². The summed E-state index contributed by atoms with van der Waals surface area (Å²) in [6.45, 7) is 4.76. The van der Waals surface area contributed by atoms with E-state index in [2.05, 4.69) is 243 Å². The van der Waals surface area contributed by atoms with Crippen LogP contribution < -0.4 is 4.90 Å². The van der Waals surface area contributed by atoms with Crippen molar-refractivity contribution in [1.29, 1.82) is 0 Å². The number of hydrogen-bond acceptors (Lipinski definition) is 1. The zero-order valence-electron chi connectivity index (χ0n) is 36.3. The van der Waals surface area contributed by atoms with E-state index in [1.165, 1.54) is 116 Å². The lowest BCUT2D eigenvalue weighted by Crippen LogP contribution is -2.36. The largest absolute Gasteiger partial charge is 0.309 e. The molecular formula is C64H43N. The summed E-state index contributed by atoms with van der Waals surface area (Å²) < 4.78 is 0. The molecular weight excluding hydrogens is 783 g/mol. The van der Waals surface area contributed by atoms with E-state index in [0.29, 0.717) is 0 Å². The molecule has 0 radical (unpaired) electrons. The van der Waals surface area contributed by atoms with Crippen molar-refractivity contribution in [3.8, 4) is 44.5 Å². The first-order valence-corrected chi connectivity index (χ1v) is 22.9. The van der Waals surface area contributed by atoms with Crippen molar-refractivity contribution < 1.29 is 0 Å². The van der Waals surface area contributed by atoms with Gasteiger partial charge in [0.1, 0.15) is 0 Å². The van der Waals surface area contributed by atoms with Gasteiger partial charge in [0.25, 0.3) is 0 Å². The maximum Gasteiger partial charge on any atom is 0.0725 e. The first kappa shape index (κ1) is 36.5. The van der Waals surface area contributed by atoms with Crippen LogP contribution in [0.25, 0.3) is 76.8 Å².